The molecule has 2 unspecified atom stereocenters. The number of carbonyl (C=O) groups is 1. The molecule has 1 aromatic rings. The van der Waals surface area contributed by atoms with E-state index >= 15 is 0 Å². The quantitative estimate of drug-likeness (QED) is 0.749. The molecule has 0 aliphatic heterocycles. The second-order valence-corrected chi connectivity index (χ2v) is 4.04. The summed E-state index contributed by atoms with van der Waals surface area (Å²) in [4.78, 5) is 11.9. The van der Waals surface area contributed by atoms with Gasteiger partial charge in [0, 0.05) is 6.04 Å². The highest BCUT2D eigenvalue weighted by Crippen LogP contribution is 2.20. The van der Waals surface area contributed by atoms with Crippen molar-refractivity contribution < 1.29 is 4.79 Å². The predicted molar refractivity (Wildman–Crippen MR) is 65.0 cm³/mol. The fourth-order valence-corrected chi connectivity index (χ4v) is 1.84. The van der Waals surface area contributed by atoms with Gasteiger partial charge in [-0.1, -0.05) is 24.3 Å². The van der Waals surface area contributed by atoms with E-state index in [1.165, 1.54) is 0 Å². The number of hydrogen-bond donors (Lipinski definition) is 2. The van der Waals surface area contributed by atoms with Crippen LogP contribution >= 0.6 is 0 Å². The zero-order chi connectivity index (χ0) is 12.3. The summed E-state index contributed by atoms with van der Waals surface area (Å²) in [5, 5.41) is 11.7. The molecule has 0 fully saturated rings. The molecule has 3 N–H and O–H groups in total. The van der Waals surface area contributed by atoms with E-state index in [1.54, 1.807) is 24.3 Å². The molecular formula is C13H13N3O. The molecule has 1 aromatic carbocycles. The van der Waals surface area contributed by atoms with Crippen LogP contribution in [-0.2, 0) is 4.79 Å². The van der Waals surface area contributed by atoms with E-state index < -0.39 is 0 Å². The second-order valence-electron chi connectivity index (χ2n) is 4.04. The van der Waals surface area contributed by atoms with Crippen LogP contribution in [0.3, 0.4) is 0 Å². The van der Waals surface area contributed by atoms with Gasteiger partial charge in [-0.15, -0.1) is 0 Å². The van der Waals surface area contributed by atoms with Crippen LogP contribution in [-0.4, -0.2) is 11.9 Å². The maximum Gasteiger partial charge on any atom is 0.231 e. The van der Waals surface area contributed by atoms with Gasteiger partial charge in [0.1, 0.15) is 6.07 Å². The van der Waals surface area contributed by atoms with E-state index in [2.05, 4.69) is 5.32 Å². The van der Waals surface area contributed by atoms with Crippen molar-refractivity contribution in [1.82, 2.24) is 0 Å². The number of amides is 1. The highest BCUT2D eigenvalue weighted by molar-refractivity contribution is 5.95. The smallest absolute Gasteiger partial charge is 0.231 e. The predicted octanol–water partition coefficient (Wildman–Crippen LogP) is 1.40. The number of carbonyl (C=O) groups excluding carboxylic acids is 1. The second kappa shape index (κ2) is 4.81. The van der Waals surface area contributed by atoms with Crippen LogP contribution in [0.2, 0.25) is 0 Å². The average Bonchev–Trinajstić information content (AvgIpc) is 2.77. The van der Waals surface area contributed by atoms with Crippen molar-refractivity contribution in [2.45, 2.75) is 12.5 Å². The number of para-hydroxylation sites is 1. The molecule has 0 saturated heterocycles. The minimum Gasteiger partial charge on any atom is -0.324 e. The molecule has 1 aliphatic carbocycles. The molecule has 17 heavy (non-hydrogen) atoms. The number of nitrogens with zero attached hydrogens (tertiary/aromatic N) is 1. The Kier molecular flexibility index (Phi) is 3.22. The summed E-state index contributed by atoms with van der Waals surface area (Å²) in [5.41, 5.74) is 6.71. The molecule has 1 aliphatic rings. The van der Waals surface area contributed by atoms with Crippen LogP contribution in [0.1, 0.15) is 12.0 Å². The molecule has 0 aromatic heterocycles. The summed E-state index contributed by atoms with van der Waals surface area (Å²) in [6, 6.07) is 8.94. The lowest BCUT2D eigenvalue weighted by Crippen LogP contribution is -2.24. The molecule has 0 saturated carbocycles. The molecule has 2 rings (SSSR count). The largest absolute Gasteiger partial charge is 0.324 e. The first-order chi connectivity index (χ1) is 8.20. The van der Waals surface area contributed by atoms with E-state index in [-0.39, 0.29) is 17.9 Å². The van der Waals surface area contributed by atoms with Crippen molar-refractivity contribution in [2.75, 3.05) is 5.32 Å². The van der Waals surface area contributed by atoms with Crippen LogP contribution in [0, 0.1) is 17.2 Å². The van der Waals surface area contributed by atoms with Gasteiger partial charge in [0.15, 0.2) is 0 Å². The Balaban J connectivity index is 2.09. The Morgan fingerprint density at radius 3 is 2.82 bits per heavy atom. The summed E-state index contributed by atoms with van der Waals surface area (Å²) < 4.78 is 0. The number of nitrogens with two attached hydrogens (primary N) is 1. The van der Waals surface area contributed by atoms with Gasteiger partial charge in [0.05, 0.1) is 17.2 Å². The zero-order valence-corrected chi connectivity index (χ0v) is 9.26. The van der Waals surface area contributed by atoms with Crippen LogP contribution in [0.25, 0.3) is 0 Å². The van der Waals surface area contributed by atoms with Crippen LogP contribution in [0.15, 0.2) is 36.4 Å². The molecular weight excluding hydrogens is 214 g/mol. The molecule has 86 valence electrons. The topological polar surface area (TPSA) is 78.9 Å². The summed E-state index contributed by atoms with van der Waals surface area (Å²) in [5.74, 6) is -0.311. The lowest BCUT2D eigenvalue weighted by Gasteiger charge is -2.11. The van der Waals surface area contributed by atoms with E-state index in [0.29, 0.717) is 17.7 Å². The normalized spacial score (nSPS) is 22.1. The highest BCUT2D eigenvalue weighted by Gasteiger charge is 2.23. The van der Waals surface area contributed by atoms with Crippen molar-refractivity contribution in [3.05, 3.63) is 42.0 Å². The van der Waals surface area contributed by atoms with Crippen LogP contribution in [0.4, 0.5) is 5.69 Å². The van der Waals surface area contributed by atoms with E-state index in [4.69, 9.17) is 11.0 Å². The van der Waals surface area contributed by atoms with Gasteiger partial charge in [0.2, 0.25) is 5.91 Å². The first-order valence-corrected chi connectivity index (χ1v) is 5.44. The molecule has 0 bridgehead atoms. The first kappa shape index (κ1) is 11.4. The molecule has 2 atom stereocenters. The summed E-state index contributed by atoms with van der Waals surface area (Å²) in [7, 11) is 0. The van der Waals surface area contributed by atoms with Crippen molar-refractivity contribution in [1.29, 1.82) is 5.26 Å². The minimum atomic E-state index is -0.197. The van der Waals surface area contributed by atoms with Crippen LogP contribution in [0.5, 0.6) is 0 Å². The number of anilines is 1. The number of benzene rings is 1. The van der Waals surface area contributed by atoms with Gasteiger partial charge >= 0.3 is 0 Å². The van der Waals surface area contributed by atoms with E-state index in [0.717, 1.165) is 0 Å². The Morgan fingerprint density at radius 2 is 2.18 bits per heavy atom. The third kappa shape index (κ3) is 2.52. The molecule has 4 heteroatoms. The Hall–Kier alpha value is -2.12. The molecule has 0 heterocycles. The Bertz CT molecular complexity index is 502. The summed E-state index contributed by atoms with van der Waals surface area (Å²) >= 11 is 0. The van der Waals surface area contributed by atoms with Crippen molar-refractivity contribution in [2.24, 2.45) is 11.7 Å². The number of nitrogens with one attached hydrogen (secondary N) is 1. The molecule has 0 spiro atoms. The zero-order valence-electron chi connectivity index (χ0n) is 9.26. The van der Waals surface area contributed by atoms with Gasteiger partial charge in [-0.2, -0.15) is 5.26 Å². The van der Waals surface area contributed by atoms with E-state index in [1.807, 2.05) is 18.2 Å². The molecule has 4 nitrogen and oxygen atoms in total. The third-order valence-corrected chi connectivity index (χ3v) is 2.76. The van der Waals surface area contributed by atoms with Gasteiger partial charge in [0.25, 0.3) is 0 Å². The molecule has 0 radical (unpaired) electrons. The van der Waals surface area contributed by atoms with E-state index in [9.17, 15) is 4.79 Å². The van der Waals surface area contributed by atoms with Crippen molar-refractivity contribution in [3.63, 3.8) is 0 Å². The summed E-state index contributed by atoms with van der Waals surface area (Å²) in [6.07, 6.45) is 4.27. The standard InChI is InChI=1S/C13H13N3O/c14-8-10-3-1-2-4-12(10)16-13(17)9-5-6-11(15)7-9/h1-6,9,11H,7,15H2,(H,16,17). The van der Waals surface area contributed by atoms with Crippen LogP contribution < -0.4 is 11.1 Å². The van der Waals surface area contributed by atoms with Gasteiger partial charge in [-0.05, 0) is 18.6 Å². The van der Waals surface area contributed by atoms with Crippen molar-refractivity contribution >= 4 is 11.6 Å². The lowest BCUT2D eigenvalue weighted by molar-refractivity contribution is -0.118. The minimum absolute atomic E-state index is 0.0445. The maximum absolute atomic E-state index is 11.9. The Morgan fingerprint density at radius 1 is 1.41 bits per heavy atom. The Labute approximate surface area is 99.7 Å². The monoisotopic (exact) mass is 227 g/mol. The van der Waals surface area contributed by atoms with Crippen molar-refractivity contribution in [3.8, 4) is 6.07 Å². The highest BCUT2D eigenvalue weighted by atomic mass is 16.1. The fraction of sp³-hybridized carbons (Fsp3) is 0.231. The molecule has 1 amide bonds. The lowest BCUT2D eigenvalue weighted by atomic mass is 10.1. The third-order valence-electron chi connectivity index (χ3n) is 2.76. The number of nitriles is 1. The maximum atomic E-state index is 11.9. The van der Waals surface area contributed by atoms with Gasteiger partial charge in [-0.3, -0.25) is 4.79 Å². The van der Waals surface area contributed by atoms with Gasteiger partial charge < -0.3 is 11.1 Å². The number of rotatable bonds is 2. The first-order valence-electron chi connectivity index (χ1n) is 5.44. The average molecular weight is 227 g/mol. The summed E-state index contributed by atoms with van der Waals surface area (Å²) in [6.45, 7) is 0. The van der Waals surface area contributed by atoms with Gasteiger partial charge in [-0.25, -0.2) is 0 Å². The number of hydrogen-bond acceptors (Lipinski definition) is 3. The fourth-order valence-electron chi connectivity index (χ4n) is 1.84. The SMILES string of the molecule is N#Cc1ccccc1NC(=O)C1C=CC(N)C1.